The summed E-state index contributed by atoms with van der Waals surface area (Å²) >= 11 is 0. The van der Waals surface area contributed by atoms with E-state index in [9.17, 15) is 0 Å². The van der Waals surface area contributed by atoms with Gasteiger partial charge in [-0.1, -0.05) is 38.0 Å². The summed E-state index contributed by atoms with van der Waals surface area (Å²) in [5.41, 5.74) is 1.44. The molecule has 2 fully saturated rings. The molecule has 0 radical (unpaired) electrons. The van der Waals surface area contributed by atoms with Crippen LogP contribution in [0.5, 0.6) is 0 Å². The van der Waals surface area contributed by atoms with Crippen LogP contribution in [0.2, 0.25) is 0 Å². The molecule has 0 bridgehead atoms. The summed E-state index contributed by atoms with van der Waals surface area (Å²) in [5, 5.41) is 1.40. The molecular weight excluding hydrogens is 230 g/mol. The minimum atomic E-state index is 0.753. The van der Waals surface area contributed by atoms with E-state index in [1.807, 2.05) is 0 Å². The van der Waals surface area contributed by atoms with Crippen LogP contribution in [-0.2, 0) is 0 Å². The van der Waals surface area contributed by atoms with Gasteiger partial charge in [0.05, 0.1) is 0 Å². The van der Waals surface area contributed by atoms with E-state index < -0.39 is 0 Å². The Morgan fingerprint density at radius 1 is 1.05 bits per heavy atom. The molecule has 4 atom stereocenters. The first-order valence-electron chi connectivity index (χ1n) is 7.88. The molecule has 0 amide bonds. The zero-order chi connectivity index (χ0) is 12.8. The fourth-order valence-electron chi connectivity index (χ4n) is 4.79. The zero-order valence-corrected chi connectivity index (χ0v) is 11.8. The van der Waals surface area contributed by atoms with Crippen molar-refractivity contribution < 1.29 is 0 Å². The molecule has 1 heteroatoms. The number of para-hydroxylation sites is 1. The van der Waals surface area contributed by atoms with Crippen molar-refractivity contribution in [3.05, 3.63) is 36.5 Å². The second-order valence-electron chi connectivity index (χ2n) is 6.78. The van der Waals surface area contributed by atoms with Gasteiger partial charge in [-0.15, -0.1) is 0 Å². The smallest absolute Gasteiger partial charge is 0.0482 e. The number of hydrogen-bond acceptors (Lipinski definition) is 0. The lowest BCUT2D eigenvalue weighted by Gasteiger charge is -2.35. The summed E-state index contributed by atoms with van der Waals surface area (Å²) in [6.07, 6.45) is 9.53. The van der Waals surface area contributed by atoms with E-state index in [-0.39, 0.29) is 0 Å². The predicted octanol–water partition coefficient (Wildman–Crippen LogP) is 5.03. The molecule has 2 aliphatic rings. The normalized spacial score (nSPS) is 34.6. The van der Waals surface area contributed by atoms with Crippen molar-refractivity contribution in [3.8, 4) is 0 Å². The first kappa shape index (κ1) is 11.6. The van der Waals surface area contributed by atoms with Gasteiger partial charge in [-0.25, -0.2) is 0 Å². The van der Waals surface area contributed by atoms with E-state index in [0.29, 0.717) is 0 Å². The maximum absolute atomic E-state index is 2.59. The van der Waals surface area contributed by atoms with Crippen LogP contribution in [0.15, 0.2) is 36.5 Å². The standard InChI is InChI=1S/C18H23N/c1-13-11-15-6-4-8-18(16(15)12-13)19-10-9-14-5-2-3-7-17(14)19/h2-3,5,7,9-10,13,15-16,18H,4,6,8,11-12H2,1H3. The van der Waals surface area contributed by atoms with E-state index >= 15 is 0 Å². The highest BCUT2D eigenvalue weighted by molar-refractivity contribution is 5.80. The Morgan fingerprint density at radius 3 is 2.89 bits per heavy atom. The van der Waals surface area contributed by atoms with E-state index in [0.717, 1.165) is 23.8 Å². The highest BCUT2D eigenvalue weighted by Crippen LogP contribution is 2.50. The van der Waals surface area contributed by atoms with Crippen LogP contribution in [0.25, 0.3) is 10.9 Å². The maximum Gasteiger partial charge on any atom is 0.0482 e. The van der Waals surface area contributed by atoms with Gasteiger partial charge in [-0.2, -0.15) is 0 Å². The lowest BCUT2D eigenvalue weighted by molar-refractivity contribution is 0.189. The Morgan fingerprint density at radius 2 is 1.95 bits per heavy atom. The van der Waals surface area contributed by atoms with E-state index in [4.69, 9.17) is 0 Å². The first-order valence-corrected chi connectivity index (χ1v) is 7.88. The molecule has 1 nitrogen and oxygen atoms in total. The van der Waals surface area contributed by atoms with Crippen LogP contribution in [0.3, 0.4) is 0 Å². The number of benzene rings is 1. The number of aromatic nitrogens is 1. The summed E-state index contributed by atoms with van der Waals surface area (Å²) < 4.78 is 2.59. The number of fused-ring (bicyclic) bond motifs is 2. The minimum Gasteiger partial charge on any atom is -0.344 e. The van der Waals surface area contributed by atoms with Gasteiger partial charge in [-0.3, -0.25) is 0 Å². The van der Waals surface area contributed by atoms with Crippen LogP contribution in [-0.4, -0.2) is 4.57 Å². The summed E-state index contributed by atoms with van der Waals surface area (Å²) in [5.74, 6) is 2.87. The van der Waals surface area contributed by atoms with Crippen LogP contribution in [0.1, 0.15) is 45.1 Å². The molecule has 0 saturated heterocycles. The molecule has 19 heavy (non-hydrogen) atoms. The van der Waals surface area contributed by atoms with Crippen LogP contribution in [0.4, 0.5) is 0 Å². The zero-order valence-electron chi connectivity index (χ0n) is 11.8. The summed E-state index contributed by atoms with van der Waals surface area (Å²) in [6.45, 7) is 2.45. The third kappa shape index (κ3) is 1.82. The Hall–Kier alpha value is -1.24. The van der Waals surface area contributed by atoms with Crippen molar-refractivity contribution in [2.45, 2.75) is 45.1 Å². The molecule has 100 valence electrons. The summed E-state index contributed by atoms with van der Waals surface area (Å²) in [7, 11) is 0. The molecule has 2 aliphatic carbocycles. The molecule has 0 spiro atoms. The highest BCUT2D eigenvalue weighted by atomic mass is 15.0. The number of hydrogen-bond donors (Lipinski definition) is 0. The summed E-state index contributed by atoms with van der Waals surface area (Å²) in [6, 6.07) is 11.9. The Balaban J connectivity index is 1.74. The lowest BCUT2D eigenvalue weighted by Crippen LogP contribution is -2.26. The van der Waals surface area contributed by atoms with Gasteiger partial charge in [0.25, 0.3) is 0 Å². The van der Waals surface area contributed by atoms with Crippen molar-refractivity contribution in [2.75, 3.05) is 0 Å². The van der Waals surface area contributed by atoms with Crippen molar-refractivity contribution in [1.29, 1.82) is 0 Å². The molecule has 1 heterocycles. The quantitative estimate of drug-likeness (QED) is 0.672. The van der Waals surface area contributed by atoms with Crippen molar-refractivity contribution in [1.82, 2.24) is 4.57 Å². The molecule has 0 N–H and O–H groups in total. The lowest BCUT2D eigenvalue weighted by atomic mass is 9.78. The number of nitrogens with zero attached hydrogens (tertiary/aromatic N) is 1. The fraction of sp³-hybridized carbons (Fsp3) is 0.556. The Kier molecular flexibility index (Phi) is 2.68. The molecule has 1 aromatic heterocycles. The van der Waals surface area contributed by atoms with E-state index in [1.165, 1.54) is 43.0 Å². The van der Waals surface area contributed by atoms with Gasteiger partial charge < -0.3 is 4.57 Å². The van der Waals surface area contributed by atoms with Gasteiger partial charge in [0.2, 0.25) is 0 Å². The first-order chi connectivity index (χ1) is 9.33. The molecule has 2 aromatic rings. The molecule has 0 aliphatic heterocycles. The van der Waals surface area contributed by atoms with E-state index in [1.54, 1.807) is 0 Å². The molecular formula is C18H23N. The molecule has 4 unspecified atom stereocenters. The molecule has 2 saturated carbocycles. The topological polar surface area (TPSA) is 4.93 Å². The average Bonchev–Trinajstić information content (AvgIpc) is 3.00. The molecule has 1 aromatic carbocycles. The van der Waals surface area contributed by atoms with Crippen molar-refractivity contribution in [2.24, 2.45) is 17.8 Å². The second-order valence-corrected chi connectivity index (χ2v) is 6.78. The van der Waals surface area contributed by atoms with Gasteiger partial charge >= 0.3 is 0 Å². The van der Waals surface area contributed by atoms with Gasteiger partial charge in [-0.05, 0) is 54.5 Å². The third-order valence-corrected chi connectivity index (χ3v) is 5.54. The largest absolute Gasteiger partial charge is 0.344 e. The van der Waals surface area contributed by atoms with Gasteiger partial charge in [0.15, 0.2) is 0 Å². The van der Waals surface area contributed by atoms with Crippen LogP contribution >= 0.6 is 0 Å². The highest BCUT2D eigenvalue weighted by Gasteiger charge is 2.40. The second kappa shape index (κ2) is 4.40. The fourth-order valence-corrected chi connectivity index (χ4v) is 4.79. The Bertz CT molecular complexity index is 582. The van der Waals surface area contributed by atoms with Gasteiger partial charge in [0.1, 0.15) is 0 Å². The minimum absolute atomic E-state index is 0.753. The monoisotopic (exact) mass is 253 g/mol. The predicted molar refractivity (Wildman–Crippen MR) is 80.2 cm³/mol. The van der Waals surface area contributed by atoms with E-state index in [2.05, 4.69) is 48.0 Å². The maximum atomic E-state index is 2.59. The average molecular weight is 253 g/mol. The van der Waals surface area contributed by atoms with Crippen molar-refractivity contribution in [3.63, 3.8) is 0 Å². The van der Waals surface area contributed by atoms with Crippen LogP contribution < -0.4 is 0 Å². The SMILES string of the molecule is CC1CC2CCCC(n3ccc4ccccc43)C2C1. The molecule has 4 rings (SSSR count). The van der Waals surface area contributed by atoms with Crippen LogP contribution in [0, 0.1) is 17.8 Å². The van der Waals surface area contributed by atoms with Crippen molar-refractivity contribution >= 4 is 10.9 Å². The third-order valence-electron chi connectivity index (χ3n) is 5.54. The Labute approximate surface area is 115 Å². The van der Waals surface area contributed by atoms with Gasteiger partial charge in [0, 0.05) is 17.8 Å². The summed E-state index contributed by atoms with van der Waals surface area (Å²) in [4.78, 5) is 0. The number of rotatable bonds is 1.